The molecule has 0 unspecified atom stereocenters. The minimum absolute atomic E-state index is 0.000534. The summed E-state index contributed by atoms with van der Waals surface area (Å²) in [4.78, 5) is 27.2. The summed E-state index contributed by atoms with van der Waals surface area (Å²) in [5.41, 5.74) is 1.42. The van der Waals surface area contributed by atoms with Crippen molar-refractivity contribution < 1.29 is 9.72 Å². The molecule has 0 heterocycles. The Balaban J connectivity index is 1.97. The topological polar surface area (TPSA) is 78.7 Å². The second-order valence-corrected chi connectivity index (χ2v) is 7.13. The number of nitrogens with zero attached hydrogens (tertiary/aromatic N) is 3. The van der Waals surface area contributed by atoms with Gasteiger partial charge < -0.3 is 15.1 Å². The van der Waals surface area contributed by atoms with Crippen LogP contribution in [0.4, 0.5) is 11.4 Å². The van der Waals surface area contributed by atoms with Gasteiger partial charge in [-0.1, -0.05) is 35.9 Å². The SMILES string of the molecule is CN(C)CCN(Cc1ccc(Cl)cc1)C(=O)CCNc1ccccc1[N+](=O)[O-]. The zero-order valence-corrected chi connectivity index (χ0v) is 16.9. The average Bonchev–Trinajstić information content (AvgIpc) is 2.66. The van der Waals surface area contributed by atoms with Crippen LogP contribution in [0.5, 0.6) is 0 Å². The Labute approximate surface area is 170 Å². The van der Waals surface area contributed by atoms with E-state index in [1.54, 1.807) is 23.1 Å². The Morgan fingerprint density at radius 1 is 1.11 bits per heavy atom. The highest BCUT2D eigenvalue weighted by Crippen LogP contribution is 2.23. The summed E-state index contributed by atoms with van der Waals surface area (Å²) in [5.74, 6) is -0.0112. The molecule has 8 heteroatoms. The first-order chi connectivity index (χ1) is 13.4. The summed E-state index contributed by atoms with van der Waals surface area (Å²) < 4.78 is 0. The van der Waals surface area contributed by atoms with E-state index in [9.17, 15) is 14.9 Å². The first-order valence-corrected chi connectivity index (χ1v) is 9.39. The zero-order valence-electron chi connectivity index (χ0n) is 16.1. The van der Waals surface area contributed by atoms with Gasteiger partial charge in [-0.15, -0.1) is 0 Å². The minimum Gasteiger partial charge on any atom is -0.379 e. The number of anilines is 1. The van der Waals surface area contributed by atoms with Crippen LogP contribution in [-0.2, 0) is 11.3 Å². The zero-order chi connectivity index (χ0) is 20.5. The van der Waals surface area contributed by atoms with Gasteiger partial charge in [-0.3, -0.25) is 14.9 Å². The van der Waals surface area contributed by atoms with Crippen molar-refractivity contribution >= 4 is 28.9 Å². The first kappa shape index (κ1) is 21.7. The molecule has 0 aliphatic rings. The molecule has 150 valence electrons. The van der Waals surface area contributed by atoms with Gasteiger partial charge in [-0.25, -0.2) is 0 Å². The quantitative estimate of drug-likeness (QED) is 0.483. The third-order valence-corrected chi connectivity index (χ3v) is 4.46. The Morgan fingerprint density at radius 2 is 1.79 bits per heavy atom. The summed E-state index contributed by atoms with van der Waals surface area (Å²) in [6.45, 7) is 2.16. The number of nitro groups is 1. The van der Waals surface area contributed by atoms with Crippen molar-refractivity contribution in [2.45, 2.75) is 13.0 Å². The fourth-order valence-electron chi connectivity index (χ4n) is 2.67. The molecule has 0 spiro atoms. The molecule has 2 aromatic rings. The number of likely N-dealkylation sites (N-methyl/N-ethyl adjacent to an activating group) is 1. The van der Waals surface area contributed by atoms with Crippen molar-refractivity contribution in [1.29, 1.82) is 0 Å². The molecule has 0 bridgehead atoms. The van der Waals surface area contributed by atoms with Gasteiger partial charge in [-0.05, 0) is 37.9 Å². The van der Waals surface area contributed by atoms with Gasteiger partial charge in [0.15, 0.2) is 0 Å². The largest absolute Gasteiger partial charge is 0.379 e. The fraction of sp³-hybridized carbons (Fsp3) is 0.350. The van der Waals surface area contributed by atoms with E-state index in [1.807, 2.05) is 43.3 Å². The first-order valence-electron chi connectivity index (χ1n) is 9.01. The Hall–Kier alpha value is -2.64. The molecule has 7 nitrogen and oxygen atoms in total. The summed E-state index contributed by atoms with van der Waals surface area (Å²) in [5, 5.41) is 14.7. The molecule has 1 amide bonds. The Bertz CT molecular complexity index is 796. The van der Waals surface area contributed by atoms with Gasteiger partial charge >= 0.3 is 0 Å². The molecule has 0 aliphatic carbocycles. The molecule has 0 atom stereocenters. The number of amides is 1. The van der Waals surface area contributed by atoms with E-state index in [1.165, 1.54) is 6.07 Å². The van der Waals surface area contributed by atoms with Crippen molar-refractivity contribution in [3.8, 4) is 0 Å². The maximum absolute atomic E-state index is 12.7. The smallest absolute Gasteiger partial charge is 0.292 e. The van der Waals surface area contributed by atoms with Crippen molar-refractivity contribution in [1.82, 2.24) is 9.80 Å². The van der Waals surface area contributed by atoms with Gasteiger partial charge in [-0.2, -0.15) is 0 Å². The number of hydrogen-bond acceptors (Lipinski definition) is 5. The van der Waals surface area contributed by atoms with Crippen LogP contribution in [-0.4, -0.2) is 54.4 Å². The molecule has 0 radical (unpaired) electrons. The standard InChI is InChI=1S/C20H25ClN4O3/c1-23(2)13-14-24(15-16-7-9-17(21)10-8-16)20(26)11-12-22-18-5-3-4-6-19(18)25(27)28/h3-10,22H,11-15H2,1-2H3. The molecule has 2 aromatic carbocycles. The number of carbonyl (C=O) groups excluding carboxylic acids is 1. The molecular formula is C20H25ClN4O3. The van der Waals surface area contributed by atoms with Gasteiger partial charge in [0, 0.05) is 43.7 Å². The van der Waals surface area contributed by atoms with Crippen LogP contribution in [0.1, 0.15) is 12.0 Å². The minimum atomic E-state index is -0.436. The molecule has 1 N–H and O–H groups in total. The number of benzene rings is 2. The summed E-state index contributed by atoms with van der Waals surface area (Å²) >= 11 is 5.93. The lowest BCUT2D eigenvalue weighted by Crippen LogP contribution is -2.37. The molecule has 0 saturated heterocycles. The highest BCUT2D eigenvalue weighted by Gasteiger charge is 2.16. The number of hydrogen-bond donors (Lipinski definition) is 1. The molecule has 2 rings (SSSR count). The van der Waals surface area contributed by atoms with Gasteiger partial charge in [0.1, 0.15) is 5.69 Å². The molecule has 0 aromatic heterocycles. The van der Waals surface area contributed by atoms with E-state index in [-0.39, 0.29) is 18.0 Å². The maximum atomic E-state index is 12.7. The highest BCUT2D eigenvalue weighted by molar-refractivity contribution is 6.30. The van der Waals surface area contributed by atoms with Crippen LogP contribution < -0.4 is 5.32 Å². The molecule has 0 fully saturated rings. The van der Waals surface area contributed by atoms with E-state index in [0.29, 0.717) is 30.3 Å². The van der Waals surface area contributed by atoms with Crippen molar-refractivity contribution in [2.75, 3.05) is 39.0 Å². The number of halogens is 1. The molecular weight excluding hydrogens is 380 g/mol. The predicted octanol–water partition coefficient (Wildman–Crippen LogP) is 3.64. The third kappa shape index (κ3) is 6.83. The molecule has 0 aliphatic heterocycles. The third-order valence-electron chi connectivity index (χ3n) is 4.21. The lowest BCUT2D eigenvalue weighted by Gasteiger charge is -2.25. The molecule has 0 saturated carbocycles. The van der Waals surface area contributed by atoms with Crippen molar-refractivity contribution in [3.05, 3.63) is 69.2 Å². The predicted molar refractivity (Wildman–Crippen MR) is 112 cm³/mol. The van der Waals surface area contributed by atoms with E-state index in [4.69, 9.17) is 11.6 Å². The lowest BCUT2D eigenvalue weighted by molar-refractivity contribution is -0.384. The van der Waals surface area contributed by atoms with Crippen molar-refractivity contribution in [3.63, 3.8) is 0 Å². The number of nitro benzene ring substituents is 1. The van der Waals surface area contributed by atoms with E-state index in [0.717, 1.165) is 12.1 Å². The van der Waals surface area contributed by atoms with Crippen molar-refractivity contribution in [2.24, 2.45) is 0 Å². The van der Waals surface area contributed by atoms with Crippen LogP contribution in [0, 0.1) is 10.1 Å². The van der Waals surface area contributed by atoms with Gasteiger partial charge in [0.05, 0.1) is 4.92 Å². The van der Waals surface area contributed by atoms with E-state index < -0.39 is 4.92 Å². The van der Waals surface area contributed by atoms with Gasteiger partial charge in [0.25, 0.3) is 5.69 Å². The molecule has 28 heavy (non-hydrogen) atoms. The summed E-state index contributed by atoms with van der Waals surface area (Å²) in [6, 6.07) is 13.8. The average molecular weight is 405 g/mol. The number of rotatable bonds is 10. The van der Waals surface area contributed by atoms with Crippen LogP contribution in [0.3, 0.4) is 0 Å². The van der Waals surface area contributed by atoms with Crippen LogP contribution in [0.2, 0.25) is 5.02 Å². The lowest BCUT2D eigenvalue weighted by atomic mass is 10.2. The second kappa shape index (κ2) is 10.6. The fourth-order valence-corrected chi connectivity index (χ4v) is 2.79. The number of nitrogens with one attached hydrogen (secondary N) is 1. The van der Waals surface area contributed by atoms with E-state index in [2.05, 4.69) is 5.32 Å². The Morgan fingerprint density at radius 3 is 2.43 bits per heavy atom. The van der Waals surface area contributed by atoms with Crippen LogP contribution >= 0.6 is 11.6 Å². The second-order valence-electron chi connectivity index (χ2n) is 6.70. The summed E-state index contributed by atoms with van der Waals surface area (Å²) in [6.07, 6.45) is 0.243. The van der Waals surface area contributed by atoms with E-state index >= 15 is 0 Å². The maximum Gasteiger partial charge on any atom is 0.292 e. The van der Waals surface area contributed by atoms with Gasteiger partial charge in [0.2, 0.25) is 5.91 Å². The summed E-state index contributed by atoms with van der Waals surface area (Å²) in [7, 11) is 3.92. The number of carbonyl (C=O) groups is 1. The van der Waals surface area contributed by atoms with Crippen LogP contribution in [0.25, 0.3) is 0 Å². The Kier molecular flexibility index (Phi) is 8.22. The number of para-hydroxylation sites is 2. The van der Waals surface area contributed by atoms with Crippen LogP contribution in [0.15, 0.2) is 48.5 Å². The normalized spacial score (nSPS) is 10.7. The monoisotopic (exact) mass is 404 g/mol. The highest BCUT2D eigenvalue weighted by atomic mass is 35.5.